The molecule has 0 fully saturated rings. The van der Waals surface area contributed by atoms with Crippen LogP contribution in [0.4, 0.5) is 0 Å². The SMILES string of the molecule is Cc1ccc(-c2noc(CCl)n2)cc1Br. The van der Waals surface area contributed by atoms with Gasteiger partial charge in [-0.3, -0.25) is 0 Å². The first kappa shape index (κ1) is 10.6. The number of rotatable bonds is 2. The van der Waals surface area contributed by atoms with Crippen LogP contribution in [0, 0.1) is 6.92 Å². The first-order valence-electron chi connectivity index (χ1n) is 4.36. The van der Waals surface area contributed by atoms with Crippen LogP contribution in [-0.4, -0.2) is 10.1 Å². The van der Waals surface area contributed by atoms with Gasteiger partial charge in [0.25, 0.3) is 0 Å². The molecule has 0 unspecified atom stereocenters. The topological polar surface area (TPSA) is 38.9 Å². The van der Waals surface area contributed by atoms with Crippen molar-refractivity contribution in [2.24, 2.45) is 0 Å². The van der Waals surface area contributed by atoms with Crippen LogP contribution in [0.25, 0.3) is 11.4 Å². The van der Waals surface area contributed by atoms with Gasteiger partial charge in [-0.2, -0.15) is 4.98 Å². The number of halogens is 2. The summed E-state index contributed by atoms with van der Waals surface area (Å²) in [6, 6.07) is 5.90. The summed E-state index contributed by atoms with van der Waals surface area (Å²) in [7, 11) is 0. The molecule has 78 valence electrons. The van der Waals surface area contributed by atoms with E-state index in [-0.39, 0.29) is 5.88 Å². The van der Waals surface area contributed by atoms with Crippen molar-refractivity contribution < 1.29 is 4.52 Å². The lowest BCUT2D eigenvalue weighted by Crippen LogP contribution is -1.83. The number of hydrogen-bond donors (Lipinski definition) is 0. The molecule has 0 atom stereocenters. The molecule has 15 heavy (non-hydrogen) atoms. The lowest BCUT2D eigenvalue weighted by Gasteiger charge is -1.99. The van der Waals surface area contributed by atoms with Crippen molar-refractivity contribution in [3.63, 3.8) is 0 Å². The molecule has 2 rings (SSSR count). The number of hydrogen-bond acceptors (Lipinski definition) is 3. The second-order valence-electron chi connectivity index (χ2n) is 3.11. The van der Waals surface area contributed by atoms with Crippen molar-refractivity contribution in [1.29, 1.82) is 0 Å². The maximum absolute atomic E-state index is 5.58. The Morgan fingerprint density at radius 2 is 2.27 bits per heavy atom. The highest BCUT2D eigenvalue weighted by Gasteiger charge is 2.08. The van der Waals surface area contributed by atoms with E-state index in [0.717, 1.165) is 10.0 Å². The smallest absolute Gasteiger partial charge is 0.241 e. The van der Waals surface area contributed by atoms with E-state index in [4.69, 9.17) is 16.1 Å². The minimum absolute atomic E-state index is 0.236. The summed E-state index contributed by atoms with van der Waals surface area (Å²) >= 11 is 9.03. The fourth-order valence-corrected chi connectivity index (χ4v) is 1.65. The summed E-state index contributed by atoms with van der Waals surface area (Å²) in [6.07, 6.45) is 0. The first-order chi connectivity index (χ1) is 7.20. The Morgan fingerprint density at radius 1 is 1.47 bits per heavy atom. The van der Waals surface area contributed by atoms with Crippen LogP contribution in [0.5, 0.6) is 0 Å². The molecule has 0 aliphatic rings. The van der Waals surface area contributed by atoms with E-state index >= 15 is 0 Å². The fourth-order valence-electron chi connectivity index (χ4n) is 1.16. The van der Waals surface area contributed by atoms with Crippen molar-refractivity contribution in [3.8, 4) is 11.4 Å². The lowest BCUT2D eigenvalue weighted by atomic mass is 10.1. The van der Waals surface area contributed by atoms with E-state index in [2.05, 4.69) is 26.1 Å². The molecule has 1 heterocycles. The van der Waals surface area contributed by atoms with Crippen LogP contribution < -0.4 is 0 Å². The molecule has 0 aliphatic heterocycles. The molecule has 0 saturated carbocycles. The van der Waals surface area contributed by atoms with Gasteiger partial charge in [0.1, 0.15) is 5.88 Å². The Balaban J connectivity index is 2.40. The summed E-state index contributed by atoms with van der Waals surface area (Å²) in [5.41, 5.74) is 2.08. The zero-order valence-corrected chi connectivity index (χ0v) is 10.3. The van der Waals surface area contributed by atoms with E-state index in [1.54, 1.807) is 0 Å². The molecule has 3 nitrogen and oxygen atoms in total. The largest absolute Gasteiger partial charge is 0.338 e. The van der Waals surface area contributed by atoms with Gasteiger partial charge >= 0.3 is 0 Å². The van der Waals surface area contributed by atoms with Gasteiger partial charge in [-0.1, -0.05) is 33.2 Å². The Morgan fingerprint density at radius 3 is 2.87 bits per heavy atom. The highest BCUT2D eigenvalue weighted by molar-refractivity contribution is 9.10. The highest BCUT2D eigenvalue weighted by atomic mass is 79.9. The molecule has 0 spiro atoms. The van der Waals surface area contributed by atoms with Crippen molar-refractivity contribution in [3.05, 3.63) is 34.1 Å². The van der Waals surface area contributed by atoms with E-state index in [1.165, 1.54) is 5.56 Å². The minimum Gasteiger partial charge on any atom is -0.338 e. The van der Waals surface area contributed by atoms with Gasteiger partial charge in [-0.15, -0.1) is 11.6 Å². The van der Waals surface area contributed by atoms with Crippen molar-refractivity contribution in [1.82, 2.24) is 10.1 Å². The summed E-state index contributed by atoms with van der Waals surface area (Å²) in [5.74, 6) is 1.23. The molecule has 5 heteroatoms. The Hall–Kier alpha value is -0.870. The number of aromatic nitrogens is 2. The fraction of sp³-hybridized carbons (Fsp3) is 0.200. The Kier molecular flexibility index (Phi) is 3.07. The van der Waals surface area contributed by atoms with E-state index in [9.17, 15) is 0 Å². The van der Waals surface area contributed by atoms with Crippen LogP contribution in [-0.2, 0) is 5.88 Å². The zero-order valence-electron chi connectivity index (χ0n) is 8.00. The molecular weight excluding hydrogens is 279 g/mol. The molecule has 0 N–H and O–H groups in total. The van der Waals surface area contributed by atoms with E-state index < -0.39 is 0 Å². The molecule has 2 aromatic rings. The van der Waals surface area contributed by atoms with Crippen LogP contribution >= 0.6 is 27.5 Å². The van der Waals surface area contributed by atoms with Crippen molar-refractivity contribution in [2.45, 2.75) is 12.8 Å². The molecule has 0 amide bonds. The standard InChI is InChI=1S/C10H8BrClN2O/c1-6-2-3-7(4-8(6)11)10-13-9(5-12)15-14-10/h2-4H,5H2,1H3. The third-order valence-corrected chi connectivity index (χ3v) is 3.10. The predicted octanol–water partition coefficient (Wildman–Crippen LogP) is 3.55. The summed E-state index contributed by atoms with van der Waals surface area (Å²) in [4.78, 5) is 4.14. The average Bonchev–Trinajstić information content (AvgIpc) is 2.70. The van der Waals surface area contributed by atoms with Gasteiger partial charge < -0.3 is 4.52 Å². The van der Waals surface area contributed by atoms with Crippen molar-refractivity contribution >= 4 is 27.5 Å². The van der Waals surface area contributed by atoms with Gasteiger partial charge in [-0.25, -0.2) is 0 Å². The first-order valence-corrected chi connectivity index (χ1v) is 5.68. The number of aryl methyl sites for hydroxylation is 1. The van der Waals surface area contributed by atoms with Crippen LogP contribution in [0.2, 0.25) is 0 Å². The normalized spacial score (nSPS) is 10.6. The molecule has 0 bridgehead atoms. The maximum Gasteiger partial charge on any atom is 0.241 e. The van der Waals surface area contributed by atoms with Gasteiger partial charge in [0.15, 0.2) is 0 Å². The molecule has 0 radical (unpaired) electrons. The van der Waals surface area contributed by atoms with Crippen molar-refractivity contribution in [2.75, 3.05) is 0 Å². The monoisotopic (exact) mass is 286 g/mol. The van der Waals surface area contributed by atoms with E-state index in [1.807, 2.05) is 25.1 Å². The summed E-state index contributed by atoms with van der Waals surface area (Å²) in [6.45, 7) is 2.02. The van der Waals surface area contributed by atoms with Gasteiger partial charge in [-0.05, 0) is 18.6 Å². The predicted molar refractivity (Wildman–Crippen MR) is 61.7 cm³/mol. The van der Waals surface area contributed by atoms with Crippen LogP contribution in [0.1, 0.15) is 11.5 Å². The lowest BCUT2D eigenvalue weighted by molar-refractivity contribution is 0.391. The molecule has 0 saturated heterocycles. The number of nitrogens with zero attached hydrogens (tertiary/aromatic N) is 2. The second-order valence-corrected chi connectivity index (χ2v) is 4.23. The maximum atomic E-state index is 5.58. The Bertz CT molecular complexity index is 484. The Labute approximate surface area is 101 Å². The average molecular weight is 288 g/mol. The second kappa shape index (κ2) is 4.33. The number of benzene rings is 1. The van der Waals surface area contributed by atoms with Gasteiger partial charge in [0, 0.05) is 10.0 Å². The van der Waals surface area contributed by atoms with Gasteiger partial charge in [0.2, 0.25) is 11.7 Å². The third kappa shape index (κ3) is 2.21. The van der Waals surface area contributed by atoms with Crippen LogP contribution in [0.15, 0.2) is 27.2 Å². The van der Waals surface area contributed by atoms with E-state index in [0.29, 0.717) is 11.7 Å². The highest BCUT2D eigenvalue weighted by Crippen LogP contribution is 2.23. The number of alkyl halides is 1. The molecular formula is C10H8BrClN2O. The zero-order chi connectivity index (χ0) is 10.8. The molecule has 0 aliphatic carbocycles. The summed E-state index contributed by atoms with van der Waals surface area (Å²) < 4.78 is 5.96. The third-order valence-electron chi connectivity index (χ3n) is 2.01. The molecule has 1 aromatic heterocycles. The summed E-state index contributed by atoms with van der Waals surface area (Å²) in [5, 5.41) is 3.84. The molecule has 1 aromatic carbocycles. The minimum atomic E-state index is 0.236. The van der Waals surface area contributed by atoms with Crippen LogP contribution in [0.3, 0.4) is 0 Å². The quantitative estimate of drug-likeness (QED) is 0.793. The van der Waals surface area contributed by atoms with Gasteiger partial charge in [0.05, 0.1) is 0 Å².